The van der Waals surface area contributed by atoms with E-state index in [1.807, 2.05) is 48.5 Å². The van der Waals surface area contributed by atoms with Gasteiger partial charge in [0.1, 0.15) is 0 Å². The lowest BCUT2D eigenvalue weighted by Crippen LogP contribution is -2.44. The second-order valence-electron chi connectivity index (χ2n) is 6.63. The topological polar surface area (TPSA) is 78.1 Å². The van der Waals surface area contributed by atoms with Crippen LogP contribution in [0.5, 0.6) is 0 Å². The number of nitrogens with zero attached hydrogens (tertiary/aromatic N) is 2. The van der Waals surface area contributed by atoms with Crippen LogP contribution in [0.4, 0.5) is 5.69 Å². The molecule has 3 aromatic rings. The van der Waals surface area contributed by atoms with Gasteiger partial charge in [-0.05, 0) is 30.2 Å². The lowest BCUT2D eigenvalue weighted by Gasteiger charge is -2.38. The van der Waals surface area contributed by atoms with E-state index < -0.39 is 0 Å². The Hall–Kier alpha value is -3.15. The van der Waals surface area contributed by atoms with Crippen LogP contribution < -0.4 is 5.32 Å². The number of carbonyl (C=O) groups is 2. The predicted octanol–water partition coefficient (Wildman–Crippen LogP) is 3.11. The van der Waals surface area contributed by atoms with Crippen molar-refractivity contribution in [1.82, 2.24) is 14.9 Å². The largest absolute Gasteiger partial charge is 0.345 e. The lowest BCUT2D eigenvalue weighted by atomic mass is 9.84. The molecule has 2 atom stereocenters. The highest BCUT2D eigenvalue weighted by Gasteiger charge is 2.38. The highest BCUT2D eigenvalue weighted by molar-refractivity contribution is 5.96. The van der Waals surface area contributed by atoms with Crippen molar-refractivity contribution >= 4 is 28.5 Å². The molecule has 2 amide bonds. The first kappa shape index (κ1) is 16.3. The van der Waals surface area contributed by atoms with E-state index in [2.05, 4.69) is 15.3 Å². The third-order valence-corrected chi connectivity index (χ3v) is 5.03. The number of amides is 2. The molecule has 132 valence electrons. The third kappa shape index (κ3) is 2.94. The summed E-state index contributed by atoms with van der Waals surface area (Å²) in [6.45, 7) is 0. The first-order valence-electron chi connectivity index (χ1n) is 8.68. The number of fused-ring (bicyclic) bond motifs is 1. The van der Waals surface area contributed by atoms with Gasteiger partial charge in [-0.1, -0.05) is 30.3 Å². The maximum Gasteiger partial charge on any atom is 0.229 e. The summed E-state index contributed by atoms with van der Waals surface area (Å²) < 4.78 is 0. The van der Waals surface area contributed by atoms with Crippen LogP contribution in [0.25, 0.3) is 11.0 Å². The number of H-pyrrole nitrogens is 1. The van der Waals surface area contributed by atoms with Gasteiger partial charge in [0.05, 0.1) is 29.3 Å². The zero-order valence-corrected chi connectivity index (χ0v) is 14.5. The number of benzene rings is 2. The highest BCUT2D eigenvalue weighted by atomic mass is 16.2. The highest BCUT2D eigenvalue weighted by Crippen LogP contribution is 2.36. The maximum atomic E-state index is 13.0. The van der Waals surface area contributed by atoms with Crippen LogP contribution in [0.15, 0.2) is 54.9 Å². The molecule has 0 spiro atoms. The predicted molar refractivity (Wildman–Crippen MR) is 99.4 cm³/mol. The fourth-order valence-electron chi connectivity index (χ4n) is 3.67. The molecule has 4 rings (SSSR count). The minimum atomic E-state index is -0.294. The molecule has 0 saturated carbocycles. The van der Waals surface area contributed by atoms with Gasteiger partial charge in [0, 0.05) is 19.2 Å². The zero-order chi connectivity index (χ0) is 18.1. The third-order valence-electron chi connectivity index (χ3n) is 5.03. The molecule has 6 heteroatoms. The average Bonchev–Trinajstić information content (AvgIpc) is 3.12. The Bertz CT molecular complexity index is 951. The average molecular weight is 348 g/mol. The van der Waals surface area contributed by atoms with E-state index in [4.69, 9.17) is 0 Å². The van der Waals surface area contributed by atoms with Gasteiger partial charge < -0.3 is 15.2 Å². The summed E-state index contributed by atoms with van der Waals surface area (Å²) in [5.41, 5.74) is 3.43. The number of aromatic amines is 1. The first-order chi connectivity index (χ1) is 12.6. The van der Waals surface area contributed by atoms with Gasteiger partial charge in [0.15, 0.2) is 0 Å². The summed E-state index contributed by atoms with van der Waals surface area (Å²) in [5, 5.41) is 3.00. The van der Waals surface area contributed by atoms with Crippen molar-refractivity contribution < 1.29 is 9.59 Å². The van der Waals surface area contributed by atoms with E-state index in [1.54, 1.807) is 18.3 Å². The second-order valence-corrected chi connectivity index (χ2v) is 6.63. The number of carbonyl (C=O) groups excluding carboxylic acids is 2. The van der Waals surface area contributed by atoms with Crippen molar-refractivity contribution in [3.8, 4) is 0 Å². The zero-order valence-electron chi connectivity index (χ0n) is 14.5. The molecule has 1 fully saturated rings. The molecule has 0 unspecified atom stereocenters. The number of likely N-dealkylation sites (tertiary alicyclic amines) is 1. The number of rotatable bonds is 3. The SMILES string of the molecule is CN1C(=O)CC[C@H](C(=O)Nc2ccc3nc[nH]c3c2)[C@@H]1c1ccccc1. The quantitative estimate of drug-likeness (QED) is 0.763. The van der Waals surface area contributed by atoms with E-state index in [0.717, 1.165) is 22.3 Å². The molecule has 1 aliphatic heterocycles. The van der Waals surface area contributed by atoms with Crippen molar-refractivity contribution in [3.05, 3.63) is 60.4 Å². The molecule has 0 aliphatic carbocycles. The summed E-state index contributed by atoms with van der Waals surface area (Å²) in [6, 6.07) is 15.1. The Morgan fingerprint density at radius 1 is 1.23 bits per heavy atom. The summed E-state index contributed by atoms with van der Waals surface area (Å²) in [4.78, 5) is 34.1. The number of nitrogens with one attached hydrogen (secondary N) is 2. The number of hydrogen-bond donors (Lipinski definition) is 2. The molecule has 26 heavy (non-hydrogen) atoms. The van der Waals surface area contributed by atoms with Gasteiger partial charge in [-0.2, -0.15) is 0 Å². The van der Waals surface area contributed by atoms with Crippen molar-refractivity contribution in [1.29, 1.82) is 0 Å². The summed E-state index contributed by atoms with van der Waals surface area (Å²) >= 11 is 0. The summed E-state index contributed by atoms with van der Waals surface area (Å²) in [7, 11) is 1.77. The number of anilines is 1. The molecule has 0 radical (unpaired) electrons. The summed E-state index contributed by atoms with van der Waals surface area (Å²) in [5.74, 6) is -0.295. The van der Waals surface area contributed by atoms with Gasteiger partial charge in [-0.15, -0.1) is 0 Å². The van der Waals surface area contributed by atoms with E-state index in [9.17, 15) is 9.59 Å². The molecule has 6 nitrogen and oxygen atoms in total. The molecule has 2 aromatic carbocycles. The maximum absolute atomic E-state index is 13.0. The van der Waals surface area contributed by atoms with Gasteiger partial charge in [-0.3, -0.25) is 9.59 Å². The Morgan fingerprint density at radius 3 is 2.85 bits per heavy atom. The minimum Gasteiger partial charge on any atom is -0.345 e. The first-order valence-corrected chi connectivity index (χ1v) is 8.68. The number of hydrogen-bond acceptors (Lipinski definition) is 3. The van der Waals surface area contributed by atoms with Crippen molar-refractivity contribution in [2.24, 2.45) is 5.92 Å². The molecular formula is C20H20N4O2. The minimum absolute atomic E-state index is 0.0711. The molecule has 0 bridgehead atoms. The van der Waals surface area contributed by atoms with Gasteiger partial charge in [0.25, 0.3) is 0 Å². The number of imidazole rings is 1. The van der Waals surface area contributed by atoms with Crippen molar-refractivity contribution in [3.63, 3.8) is 0 Å². The van der Waals surface area contributed by atoms with Crippen LogP contribution in [0, 0.1) is 5.92 Å². The Balaban J connectivity index is 1.60. The lowest BCUT2D eigenvalue weighted by molar-refractivity contribution is -0.140. The smallest absolute Gasteiger partial charge is 0.229 e. The Labute approximate surface area is 151 Å². The normalized spacial score (nSPS) is 20.3. The fourth-order valence-corrected chi connectivity index (χ4v) is 3.67. The van der Waals surface area contributed by atoms with E-state index in [1.165, 1.54) is 0 Å². The van der Waals surface area contributed by atoms with Crippen molar-refractivity contribution in [2.45, 2.75) is 18.9 Å². The molecule has 1 aromatic heterocycles. The van der Waals surface area contributed by atoms with Gasteiger partial charge in [0.2, 0.25) is 11.8 Å². The van der Waals surface area contributed by atoms with Crippen LogP contribution in [0.2, 0.25) is 0 Å². The van der Waals surface area contributed by atoms with Crippen molar-refractivity contribution in [2.75, 3.05) is 12.4 Å². The Morgan fingerprint density at radius 2 is 2.04 bits per heavy atom. The molecule has 2 heterocycles. The van der Waals surface area contributed by atoms with Crippen LogP contribution in [-0.4, -0.2) is 33.7 Å². The van der Waals surface area contributed by atoms with Gasteiger partial charge >= 0.3 is 0 Å². The van der Waals surface area contributed by atoms with Crippen LogP contribution in [0.1, 0.15) is 24.4 Å². The fraction of sp³-hybridized carbons (Fsp3) is 0.250. The Kier molecular flexibility index (Phi) is 4.16. The molecular weight excluding hydrogens is 328 g/mol. The van der Waals surface area contributed by atoms with E-state index >= 15 is 0 Å². The molecule has 2 N–H and O–H groups in total. The number of piperidine rings is 1. The monoisotopic (exact) mass is 348 g/mol. The number of aromatic nitrogens is 2. The summed E-state index contributed by atoms with van der Waals surface area (Å²) in [6.07, 6.45) is 2.56. The van der Waals surface area contributed by atoms with Gasteiger partial charge in [-0.25, -0.2) is 4.98 Å². The van der Waals surface area contributed by atoms with Crippen LogP contribution >= 0.6 is 0 Å². The molecule has 1 aliphatic rings. The second kappa shape index (κ2) is 6.63. The molecule has 1 saturated heterocycles. The standard InChI is InChI=1S/C20H20N4O2/c1-24-18(25)10-8-15(19(24)13-5-3-2-4-6-13)20(26)23-14-7-9-16-17(11-14)22-12-21-16/h2-7,9,11-12,15,19H,8,10H2,1H3,(H,21,22)(H,23,26)/t15-,19-/m0/s1. The van der Waals surface area contributed by atoms with E-state index in [0.29, 0.717) is 12.8 Å². The van der Waals surface area contributed by atoms with Crippen LogP contribution in [-0.2, 0) is 9.59 Å². The van der Waals surface area contributed by atoms with E-state index in [-0.39, 0.29) is 23.8 Å². The van der Waals surface area contributed by atoms with Crippen LogP contribution in [0.3, 0.4) is 0 Å².